The molecule has 92 valence electrons. The minimum atomic E-state index is -0.631. The Morgan fingerprint density at radius 1 is 1.41 bits per heavy atom. The smallest absolute Gasteiger partial charge is 0.227 e. The van der Waals surface area contributed by atoms with Gasteiger partial charge in [-0.1, -0.05) is 12.1 Å². The minimum absolute atomic E-state index is 0.0311. The van der Waals surface area contributed by atoms with Gasteiger partial charge in [-0.05, 0) is 23.6 Å². The molecule has 1 aliphatic rings. The molecular formula is C13H17NO3. The molecule has 0 saturated heterocycles. The van der Waals surface area contributed by atoms with Crippen LogP contribution >= 0.6 is 0 Å². The second-order valence-corrected chi connectivity index (χ2v) is 4.37. The molecule has 2 rings (SSSR count). The van der Waals surface area contributed by atoms with Crippen LogP contribution in [0.15, 0.2) is 18.2 Å². The molecule has 1 aromatic rings. The highest BCUT2D eigenvalue weighted by Crippen LogP contribution is 2.29. The van der Waals surface area contributed by atoms with Gasteiger partial charge >= 0.3 is 0 Å². The Kier molecular flexibility index (Phi) is 3.45. The molecule has 1 aliphatic heterocycles. The minimum Gasteiger partial charge on any atom is -0.396 e. The van der Waals surface area contributed by atoms with Crippen molar-refractivity contribution >= 4 is 11.6 Å². The molecule has 0 spiro atoms. The van der Waals surface area contributed by atoms with Crippen molar-refractivity contribution in [1.29, 1.82) is 0 Å². The Hall–Kier alpha value is -1.39. The summed E-state index contributed by atoms with van der Waals surface area (Å²) < 4.78 is 0. The fourth-order valence-electron chi connectivity index (χ4n) is 2.17. The van der Waals surface area contributed by atoms with Crippen molar-refractivity contribution in [3.8, 4) is 0 Å². The molecule has 1 atom stereocenters. The molecule has 0 aliphatic carbocycles. The molecule has 1 heterocycles. The Morgan fingerprint density at radius 3 is 2.88 bits per heavy atom. The van der Waals surface area contributed by atoms with Gasteiger partial charge in [-0.3, -0.25) is 4.79 Å². The maximum absolute atomic E-state index is 11.5. The van der Waals surface area contributed by atoms with Gasteiger partial charge in [-0.2, -0.15) is 0 Å². The van der Waals surface area contributed by atoms with Gasteiger partial charge < -0.3 is 15.1 Å². The number of aliphatic hydroxyl groups is 2. The average Bonchev–Trinajstić information content (AvgIpc) is 2.34. The zero-order chi connectivity index (χ0) is 12.4. The predicted molar refractivity (Wildman–Crippen MR) is 64.8 cm³/mol. The first-order valence-corrected chi connectivity index (χ1v) is 5.82. The number of rotatable bonds is 3. The number of carbonyl (C=O) groups is 1. The van der Waals surface area contributed by atoms with Gasteiger partial charge in [0.15, 0.2) is 0 Å². The zero-order valence-electron chi connectivity index (χ0n) is 9.89. The maximum atomic E-state index is 11.5. The first kappa shape index (κ1) is 12.1. The normalized spacial score (nSPS) is 16.9. The number of fused-ring (bicyclic) bond motifs is 1. The van der Waals surface area contributed by atoms with E-state index in [1.165, 1.54) is 0 Å². The Balaban J connectivity index is 2.29. The van der Waals surface area contributed by atoms with Gasteiger partial charge in [0.25, 0.3) is 0 Å². The summed E-state index contributed by atoms with van der Waals surface area (Å²) >= 11 is 0. The van der Waals surface area contributed by atoms with Crippen molar-refractivity contribution < 1.29 is 15.0 Å². The fourth-order valence-corrected chi connectivity index (χ4v) is 2.17. The van der Waals surface area contributed by atoms with Crippen LogP contribution in [0.25, 0.3) is 0 Å². The first-order chi connectivity index (χ1) is 8.13. The first-order valence-electron chi connectivity index (χ1n) is 5.82. The highest BCUT2D eigenvalue weighted by Gasteiger charge is 2.21. The molecule has 4 nitrogen and oxygen atoms in total. The molecule has 4 heteroatoms. The standard InChI is InChI=1S/C13H17NO3/c1-14-11-4-2-10(12(16)6-7-15)8-9(11)3-5-13(14)17/h2,4,8,12,15-16H,3,5-7H2,1H3. The molecule has 0 radical (unpaired) electrons. The molecule has 1 aromatic carbocycles. The van der Waals surface area contributed by atoms with E-state index in [4.69, 9.17) is 5.11 Å². The topological polar surface area (TPSA) is 60.8 Å². The molecule has 2 N–H and O–H groups in total. The van der Waals surface area contributed by atoms with Crippen LogP contribution in [0, 0.1) is 0 Å². The molecule has 1 amide bonds. The summed E-state index contributed by atoms with van der Waals surface area (Å²) in [5.41, 5.74) is 2.81. The van der Waals surface area contributed by atoms with E-state index < -0.39 is 6.10 Å². The number of hydrogen-bond acceptors (Lipinski definition) is 3. The lowest BCUT2D eigenvalue weighted by molar-refractivity contribution is -0.118. The van der Waals surface area contributed by atoms with E-state index in [-0.39, 0.29) is 12.5 Å². The number of benzene rings is 1. The lowest BCUT2D eigenvalue weighted by Gasteiger charge is -2.26. The van der Waals surface area contributed by atoms with Crippen molar-refractivity contribution in [1.82, 2.24) is 0 Å². The van der Waals surface area contributed by atoms with Crippen LogP contribution in [-0.4, -0.2) is 29.8 Å². The zero-order valence-corrected chi connectivity index (χ0v) is 9.89. The van der Waals surface area contributed by atoms with Crippen LogP contribution in [-0.2, 0) is 11.2 Å². The van der Waals surface area contributed by atoms with Crippen LogP contribution in [0.3, 0.4) is 0 Å². The van der Waals surface area contributed by atoms with Gasteiger partial charge in [-0.15, -0.1) is 0 Å². The molecule has 1 unspecified atom stereocenters. The summed E-state index contributed by atoms with van der Waals surface area (Å²) in [5, 5.41) is 18.6. The lowest BCUT2D eigenvalue weighted by atomic mass is 9.96. The van der Waals surface area contributed by atoms with Crippen molar-refractivity contribution in [2.75, 3.05) is 18.6 Å². The quantitative estimate of drug-likeness (QED) is 0.822. The molecule has 0 saturated carbocycles. The molecule has 17 heavy (non-hydrogen) atoms. The van der Waals surface area contributed by atoms with Crippen LogP contribution in [0.5, 0.6) is 0 Å². The highest BCUT2D eigenvalue weighted by molar-refractivity contribution is 5.95. The third kappa shape index (κ3) is 2.33. The van der Waals surface area contributed by atoms with Crippen LogP contribution < -0.4 is 4.90 Å². The number of carbonyl (C=O) groups excluding carboxylic acids is 1. The third-order valence-electron chi connectivity index (χ3n) is 3.23. The SMILES string of the molecule is CN1C(=O)CCc2cc(C(O)CCO)ccc21. The number of aryl methyl sites for hydroxylation is 1. The van der Waals surface area contributed by atoms with E-state index in [1.807, 2.05) is 18.2 Å². The van der Waals surface area contributed by atoms with Crippen molar-refractivity contribution in [3.05, 3.63) is 29.3 Å². The van der Waals surface area contributed by atoms with E-state index in [1.54, 1.807) is 11.9 Å². The van der Waals surface area contributed by atoms with E-state index in [0.29, 0.717) is 12.8 Å². The fraction of sp³-hybridized carbons (Fsp3) is 0.462. The summed E-state index contributed by atoms with van der Waals surface area (Å²) in [4.78, 5) is 13.2. The molecule has 0 fully saturated rings. The predicted octanol–water partition coefficient (Wildman–Crippen LogP) is 1.01. The van der Waals surface area contributed by atoms with Gasteiger partial charge in [0.2, 0.25) is 5.91 Å². The van der Waals surface area contributed by atoms with Gasteiger partial charge in [0, 0.05) is 32.2 Å². The van der Waals surface area contributed by atoms with Gasteiger partial charge in [0.05, 0.1) is 6.10 Å². The van der Waals surface area contributed by atoms with Crippen molar-refractivity contribution in [3.63, 3.8) is 0 Å². The van der Waals surface area contributed by atoms with Crippen LogP contribution in [0.2, 0.25) is 0 Å². The highest BCUT2D eigenvalue weighted by atomic mass is 16.3. The van der Waals surface area contributed by atoms with E-state index in [0.717, 1.165) is 23.2 Å². The third-order valence-corrected chi connectivity index (χ3v) is 3.23. The lowest BCUT2D eigenvalue weighted by Crippen LogP contribution is -2.31. The summed E-state index contributed by atoms with van der Waals surface area (Å²) in [7, 11) is 1.77. The Labute approximate surface area is 100 Å². The van der Waals surface area contributed by atoms with Gasteiger partial charge in [0.1, 0.15) is 0 Å². The summed E-state index contributed by atoms with van der Waals surface area (Å²) in [5.74, 6) is 0.126. The van der Waals surface area contributed by atoms with Crippen LogP contribution in [0.1, 0.15) is 30.1 Å². The monoisotopic (exact) mass is 235 g/mol. The molecule has 0 aromatic heterocycles. The van der Waals surface area contributed by atoms with E-state index in [2.05, 4.69) is 0 Å². The summed E-state index contributed by atoms with van der Waals surface area (Å²) in [6, 6.07) is 5.61. The second kappa shape index (κ2) is 4.85. The number of nitrogens with zero attached hydrogens (tertiary/aromatic N) is 1. The van der Waals surface area contributed by atoms with Crippen LogP contribution in [0.4, 0.5) is 5.69 Å². The average molecular weight is 235 g/mol. The largest absolute Gasteiger partial charge is 0.396 e. The van der Waals surface area contributed by atoms with Gasteiger partial charge in [-0.25, -0.2) is 0 Å². The number of aliphatic hydroxyl groups excluding tert-OH is 2. The molecule has 0 bridgehead atoms. The number of anilines is 1. The number of hydrogen-bond donors (Lipinski definition) is 2. The maximum Gasteiger partial charge on any atom is 0.227 e. The van der Waals surface area contributed by atoms with Crippen molar-refractivity contribution in [2.45, 2.75) is 25.4 Å². The summed E-state index contributed by atoms with van der Waals surface area (Å²) in [6.07, 6.45) is 0.947. The second-order valence-electron chi connectivity index (χ2n) is 4.37. The summed E-state index contributed by atoms with van der Waals surface area (Å²) in [6.45, 7) is -0.0311. The molecular weight excluding hydrogens is 218 g/mol. The van der Waals surface area contributed by atoms with E-state index in [9.17, 15) is 9.90 Å². The van der Waals surface area contributed by atoms with E-state index >= 15 is 0 Å². The number of amides is 1. The Morgan fingerprint density at radius 2 is 2.18 bits per heavy atom. The van der Waals surface area contributed by atoms with Crippen molar-refractivity contribution in [2.24, 2.45) is 0 Å². The Bertz CT molecular complexity index is 431.